The van der Waals surface area contributed by atoms with E-state index in [4.69, 9.17) is 4.74 Å². The largest absolute Gasteiger partial charge is 0.483 e. The van der Waals surface area contributed by atoms with Crippen LogP contribution in [-0.2, 0) is 4.79 Å². The van der Waals surface area contributed by atoms with E-state index in [-0.39, 0.29) is 12.5 Å². The Morgan fingerprint density at radius 3 is 2.62 bits per heavy atom. The first-order valence-electron chi connectivity index (χ1n) is 8.07. The van der Waals surface area contributed by atoms with Crippen molar-refractivity contribution in [1.29, 1.82) is 0 Å². The summed E-state index contributed by atoms with van der Waals surface area (Å²) in [6.45, 7) is 8.16. The van der Waals surface area contributed by atoms with Crippen LogP contribution in [0, 0.1) is 13.8 Å². The fourth-order valence-corrected chi connectivity index (χ4v) is 2.35. The molecule has 0 spiro atoms. The van der Waals surface area contributed by atoms with Gasteiger partial charge in [-0.2, -0.15) is 5.10 Å². The van der Waals surface area contributed by atoms with Crippen molar-refractivity contribution in [3.05, 3.63) is 64.7 Å². The second-order valence-corrected chi connectivity index (χ2v) is 6.19. The third kappa shape index (κ3) is 5.23. The molecule has 126 valence electrons. The molecule has 1 N–H and O–H groups in total. The van der Waals surface area contributed by atoms with E-state index in [0.717, 1.165) is 28.0 Å². The molecule has 2 rings (SSSR count). The smallest absolute Gasteiger partial charge is 0.277 e. The minimum Gasteiger partial charge on any atom is -0.483 e. The molecule has 1 amide bonds. The van der Waals surface area contributed by atoms with Gasteiger partial charge in [-0.25, -0.2) is 5.43 Å². The van der Waals surface area contributed by atoms with Gasteiger partial charge in [-0.3, -0.25) is 4.79 Å². The van der Waals surface area contributed by atoms with Crippen LogP contribution in [0.25, 0.3) is 0 Å². The zero-order valence-electron chi connectivity index (χ0n) is 14.7. The van der Waals surface area contributed by atoms with Crippen LogP contribution in [0.5, 0.6) is 5.75 Å². The van der Waals surface area contributed by atoms with Gasteiger partial charge in [0.1, 0.15) is 5.75 Å². The van der Waals surface area contributed by atoms with E-state index in [1.807, 2.05) is 50.2 Å². The normalized spacial score (nSPS) is 11.0. The molecule has 0 aliphatic rings. The highest BCUT2D eigenvalue weighted by Crippen LogP contribution is 2.27. The molecule has 4 heteroatoms. The Morgan fingerprint density at radius 1 is 1.17 bits per heavy atom. The number of aryl methyl sites for hydroxylation is 2. The highest BCUT2D eigenvalue weighted by molar-refractivity contribution is 5.83. The van der Waals surface area contributed by atoms with Crippen LogP contribution in [-0.4, -0.2) is 18.7 Å². The highest BCUT2D eigenvalue weighted by Gasteiger charge is 2.09. The van der Waals surface area contributed by atoms with Gasteiger partial charge >= 0.3 is 0 Å². The molecule has 0 aliphatic carbocycles. The lowest BCUT2D eigenvalue weighted by Gasteiger charge is -2.14. The van der Waals surface area contributed by atoms with E-state index in [9.17, 15) is 4.79 Å². The zero-order chi connectivity index (χ0) is 17.5. The molecule has 2 aromatic carbocycles. The number of hydrogen-bond donors (Lipinski definition) is 1. The summed E-state index contributed by atoms with van der Waals surface area (Å²) in [5.74, 6) is 0.806. The molecule has 24 heavy (non-hydrogen) atoms. The number of ether oxygens (including phenoxy) is 1. The number of carbonyl (C=O) groups is 1. The topological polar surface area (TPSA) is 50.7 Å². The summed E-state index contributed by atoms with van der Waals surface area (Å²) in [5.41, 5.74) is 6.78. The van der Waals surface area contributed by atoms with Gasteiger partial charge < -0.3 is 4.74 Å². The van der Waals surface area contributed by atoms with Gasteiger partial charge in [-0.05, 0) is 42.5 Å². The van der Waals surface area contributed by atoms with Gasteiger partial charge in [-0.1, -0.05) is 55.8 Å². The van der Waals surface area contributed by atoms with Crippen LogP contribution in [0.2, 0.25) is 0 Å². The third-order valence-corrected chi connectivity index (χ3v) is 3.59. The zero-order valence-corrected chi connectivity index (χ0v) is 14.7. The minimum atomic E-state index is -0.282. The Morgan fingerprint density at radius 2 is 1.92 bits per heavy atom. The maximum absolute atomic E-state index is 11.9. The van der Waals surface area contributed by atoms with Crippen molar-refractivity contribution in [2.45, 2.75) is 33.6 Å². The lowest BCUT2D eigenvalue weighted by molar-refractivity contribution is -0.123. The standard InChI is InChI=1S/C20H24N2O2/c1-14(2)18-9-8-16(4)11-19(18)24-13-20(23)22-21-12-17-7-5-6-15(3)10-17/h5-12,14H,13H2,1-4H3,(H,22,23). The molecule has 0 aromatic heterocycles. The number of rotatable bonds is 6. The van der Waals surface area contributed by atoms with E-state index in [1.165, 1.54) is 0 Å². The molecule has 0 heterocycles. The summed E-state index contributed by atoms with van der Waals surface area (Å²) in [7, 11) is 0. The summed E-state index contributed by atoms with van der Waals surface area (Å²) in [6.07, 6.45) is 1.62. The van der Waals surface area contributed by atoms with Gasteiger partial charge in [0.15, 0.2) is 6.61 Å². The van der Waals surface area contributed by atoms with Gasteiger partial charge in [0.2, 0.25) is 0 Å². The molecule has 0 fully saturated rings. The van der Waals surface area contributed by atoms with E-state index < -0.39 is 0 Å². The van der Waals surface area contributed by atoms with Gasteiger partial charge in [0.05, 0.1) is 6.21 Å². The molecule has 0 unspecified atom stereocenters. The maximum atomic E-state index is 11.9. The fourth-order valence-electron chi connectivity index (χ4n) is 2.35. The maximum Gasteiger partial charge on any atom is 0.277 e. The summed E-state index contributed by atoms with van der Waals surface area (Å²) in [4.78, 5) is 11.9. The summed E-state index contributed by atoms with van der Waals surface area (Å²) in [6, 6.07) is 13.9. The van der Waals surface area contributed by atoms with E-state index in [1.54, 1.807) is 6.21 Å². The predicted octanol–water partition coefficient (Wildman–Crippen LogP) is 3.96. The second kappa shape index (κ2) is 8.29. The average Bonchev–Trinajstić information content (AvgIpc) is 2.53. The number of carbonyl (C=O) groups excluding carboxylic acids is 1. The number of hydrogen-bond acceptors (Lipinski definition) is 3. The fraction of sp³-hybridized carbons (Fsp3) is 0.300. The Bertz CT molecular complexity index is 736. The van der Waals surface area contributed by atoms with Crippen molar-refractivity contribution in [3.63, 3.8) is 0 Å². The van der Waals surface area contributed by atoms with Crippen LogP contribution >= 0.6 is 0 Å². The number of nitrogens with one attached hydrogen (secondary N) is 1. The lowest BCUT2D eigenvalue weighted by atomic mass is 10.0. The number of benzene rings is 2. The van der Waals surface area contributed by atoms with Crippen molar-refractivity contribution < 1.29 is 9.53 Å². The second-order valence-electron chi connectivity index (χ2n) is 6.19. The summed E-state index contributed by atoms with van der Waals surface area (Å²) >= 11 is 0. The molecule has 0 aliphatic heterocycles. The van der Waals surface area contributed by atoms with Crippen LogP contribution < -0.4 is 10.2 Å². The Hall–Kier alpha value is -2.62. The van der Waals surface area contributed by atoms with Gasteiger partial charge in [0, 0.05) is 0 Å². The number of amides is 1. The Labute approximate surface area is 143 Å². The Balaban J connectivity index is 1.91. The van der Waals surface area contributed by atoms with Crippen molar-refractivity contribution in [3.8, 4) is 5.75 Å². The molecule has 4 nitrogen and oxygen atoms in total. The van der Waals surface area contributed by atoms with E-state index in [0.29, 0.717) is 5.92 Å². The lowest BCUT2D eigenvalue weighted by Crippen LogP contribution is -2.25. The molecular weight excluding hydrogens is 300 g/mol. The van der Waals surface area contributed by atoms with E-state index >= 15 is 0 Å². The first kappa shape index (κ1) is 17.7. The average molecular weight is 324 g/mol. The monoisotopic (exact) mass is 324 g/mol. The Kier molecular flexibility index (Phi) is 6.13. The minimum absolute atomic E-state index is 0.0612. The van der Waals surface area contributed by atoms with Gasteiger partial charge in [-0.15, -0.1) is 0 Å². The van der Waals surface area contributed by atoms with Crippen LogP contribution in [0.3, 0.4) is 0 Å². The molecular formula is C20H24N2O2. The molecule has 0 saturated carbocycles. The molecule has 2 aromatic rings. The molecule has 0 radical (unpaired) electrons. The first-order valence-corrected chi connectivity index (χ1v) is 8.07. The summed E-state index contributed by atoms with van der Waals surface area (Å²) in [5, 5.41) is 3.97. The van der Waals surface area contributed by atoms with Crippen LogP contribution in [0.4, 0.5) is 0 Å². The molecule has 0 bridgehead atoms. The molecule has 0 saturated heterocycles. The highest BCUT2D eigenvalue weighted by atomic mass is 16.5. The third-order valence-electron chi connectivity index (χ3n) is 3.59. The predicted molar refractivity (Wildman–Crippen MR) is 97.7 cm³/mol. The first-order chi connectivity index (χ1) is 11.5. The summed E-state index contributed by atoms with van der Waals surface area (Å²) < 4.78 is 5.68. The van der Waals surface area contributed by atoms with Gasteiger partial charge in [0.25, 0.3) is 5.91 Å². The van der Waals surface area contributed by atoms with E-state index in [2.05, 4.69) is 30.4 Å². The van der Waals surface area contributed by atoms with Crippen LogP contribution in [0.1, 0.15) is 42.0 Å². The van der Waals surface area contributed by atoms with Crippen molar-refractivity contribution >= 4 is 12.1 Å². The number of hydrazone groups is 1. The van der Waals surface area contributed by atoms with Crippen molar-refractivity contribution in [1.82, 2.24) is 5.43 Å². The van der Waals surface area contributed by atoms with Crippen molar-refractivity contribution in [2.75, 3.05) is 6.61 Å². The van der Waals surface area contributed by atoms with Crippen LogP contribution in [0.15, 0.2) is 47.6 Å². The number of nitrogens with zero attached hydrogens (tertiary/aromatic N) is 1. The van der Waals surface area contributed by atoms with Crippen molar-refractivity contribution in [2.24, 2.45) is 5.10 Å². The quantitative estimate of drug-likeness (QED) is 0.646. The molecule has 0 atom stereocenters. The SMILES string of the molecule is Cc1cccc(C=NNC(=O)COc2cc(C)ccc2C(C)C)c1.